The highest BCUT2D eigenvalue weighted by molar-refractivity contribution is 9.28. The fourth-order valence-corrected chi connectivity index (χ4v) is 4.61. The van der Waals surface area contributed by atoms with Crippen LogP contribution in [0.5, 0.6) is 0 Å². The molecule has 0 N–H and O–H groups in total. The Kier molecular flexibility index (Phi) is 5.25. The van der Waals surface area contributed by atoms with Gasteiger partial charge in [0, 0.05) is 4.88 Å². The van der Waals surface area contributed by atoms with Crippen LogP contribution in [0.2, 0.25) is 0 Å². The number of rotatable bonds is 4. The zero-order chi connectivity index (χ0) is 17.6. The van der Waals surface area contributed by atoms with Crippen LogP contribution in [0.15, 0.2) is 14.3 Å². The lowest BCUT2D eigenvalue weighted by atomic mass is 10.1. The monoisotopic (exact) mass is 471 g/mol. The average Bonchev–Trinajstić information content (AvgIpc) is 2.74. The first kappa shape index (κ1) is 18.8. The molecule has 0 spiro atoms. The Morgan fingerprint density at radius 3 is 2.57 bits per heavy atom. The Bertz CT molecular complexity index is 735. The topological polar surface area (TPSA) is 22.0 Å². The largest absolute Gasteiger partial charge is 0.432 e. The number of aromatic nitrogens is 1. The zero-order valence-corrected chi connectivity index (χ0v) is 16.4. The average molecular weight is 473 g/mol. The number of nitrogens with zero attached hydrogens (tertiary/aromatic N) is 1. The Morgan fingerprint density at radius 2 is 2.09 bits per heavy atom. The van der Waals surface area contributed by atoms with E-state index in [4.69, 9.17) is 6.42 Å². The number of hydrogen-bond donors (Lipinski definition) is 0. The molecule has 0 amide bonds. The van der Waals surface area contributed by atoms with Crippen molar-refractivity contribution in [2.45, 2.75) is 33.0 Å². The van der Waals surface area contributed by atoms with Crippen LogP contribution < -0.4 is 4.87 Å². The van der Waals surface area contributed by atoms with Gasteiger partial charge in [-0.15, -0.1) is 6.42 Å². The van der Waals surface area contributed by atoms with Gasteiger partial charge < -0.3 is 0 Å². The molecule has 0 aromatic carbocycles. The van der Waals surface area contributed by atoms with Crippen molar-refractivity contribution in [3.63, 3.8) is 0 Å². The quantitative estimate of drug-likeness (QED) is 0.564. The molecule has 1 saturated carbocycles. The molecule has 2 rings (SSSR count). The van der Waals surface area contributed by atoms with Crippen LogP contribution in [0.25, 0.3) is 0 Å². The summed E-state index contributed by atoms with van der Waals surface area (Å²) in [4.78, 5) is 11.3. The minimum absolute atomic E-state index is 0.0473. The first-order chi connectivity index (χ1) is 10.5. The summed E-state index contributed by atoms with van der Waals surface area (Å²) in [7, 11) is 0. The van der Waals surface area contributed by atoms with E-state index in [2.05, 4.69) is 37.8 Å². The third-order valence-electron chi connectivity index (χ3n) is 4.33. The number of halogens is 5. The molecule has 1 aliphatic carbocycles. The fraction of sp³-hybridized carbons (Fsp3) is 0.533. The first-order valence-electron chi connectivity index (χ1n) is 6.76. The van der Waals surface area contributed by atoms with Crippen LogP contribution in [0.4, 0.5) is 13.2 Å². The Balaban J connectivity index is 2.39. The van der Waals surface area contributed by atoms with E-state index in [9.17, 15) is 18.0 Å². The molecule has 23 heavy (non-hydrogen) atoms. The van der Waals surface area contributed by atoms with E-state index in [1.54, 1.807) is 0 Å². The molecule has 1 aromatic heterocycles. The lowest BCUT2D eigenvalue weighted by molar-refractivity contribution is -0.144. The van der Waals surface area contributed by atoms with Gasteiger partial charge in [0.1, 0.15) is 5.69 Å². The van der Waals surface area contributed by atoms with Crippen molar-refractivity contribution in [2.75, 3.05) is 0 Å². The molecule has 1 fully saturated rings. The summed E-state index contributed by atoms with van der Waals surface area (Å²) in [6.07, 6.45) is 2.66. The van der Waals surface area contributed by atoms with E-state index in [1.807, 2.05) is 19.9 Å². The third-order valence-corrected chi connectivity index (χ3v) is 5.86. The van der Waals surface area contributed by atoms with Gasteiger partial charge in [0.05, 0.1) is 9.94 Å². The van der Waals surface area contributed by atoms with Gasteiger partial charge in [-0.3, -0.25) is 9.36 Å². The van der Waals surface area contributed by atoms with E-state index < -0.39 is 16.7 Å². The summed E-state index contributed by atoms with van der Waals surface area (Å²) >= 11 is 7.22. The van der Waals surface area contributed by atoms with Crippen LogP contribution in [0.1, 0.15) is 24.4 Å². The van der Waals surface area contributed by atoms with Crippen LogP contribution >= 0.6 is 43.2 Å². The maximum absolute atomic E-state index is 13.4. The summed E-state index contributed by atoms with van der Waals surface area (Å²) in [5.41, 5.74) is -1.01. The molecular formula is C15H14Br2F3NOS. The minimum Gasteiger partial charge on any atom is -0.283 e. The van der Waals surface area contributed by atoms with Crippen molar-refractivity contribution < 1.29 is 13.2 Å². The molecule has 2 atom stereocenters. The van der Waals surface area contributed by atoms with Crippen LogP contribution in [0, 0.1) is 29.6 Å². The molecule has 0 radical (unpaired) electrons. The van der Waals surface area contributed by atoms with Gasteiger partial charge >= 0.3 is 11.0 Å². The molecule has 0 bridgehead atoms. The zero-order valence-electron chi connectivity index (χ0n) is 12.4. The van der Waals surface area contributed by atoms with Gasteiger partial charge in [-0.05, 0) is 55.5 Å². The number of terminal acetylenes is 1. The van der Waals surface area contributed by atoms with Crippen molar-refractivity contribution in [3.8, 4) is 12.3 Å². The van der Waals surface area contributed by atoms with E-state index in [1.165, 1.54) is 0 Å². The standard InChI is InChI=1S/C15H14Br2F3NOS/c1-4-5-21-12(15(18,19)20)10(23-13(21)22)6-8-9(7-11(16)17)14(8,2)3/h1,7-9H,5-6H2,2-3H3/t8-,9+/m1/s1. The maximum atomic E-state index is 13.4. The molecule has 1 aromatic rings. The lowest BCUT2D eigenvalue weighted by Gasteiger charge is -2.11. The molecule has 126 valence electrons. The Morgan fingerprint density at radius 1 is 1.48 bits per heavy atom. The third kappa shape index (κ3) is 3.77. The van der Waals surface area contributed by atoms with Crippen molar-refractivity contribution >= 4 is 43.2 Å². The lowest BCUT2D eigenvalue weighted by Crippen LogP contribution is -2.22. The molecule has 1 aliphatic rings. The van der Waals surface area contributed by atoms with E-state index in [-0.39, 0.29) is 35.1 Å². The summed E-state index contributed by atoms with van der Waals surface area (Å²) in [6, 6.07) is 0. The number of allylic oxidation sites excluding steroid dienone is 1. The Labute approximate surface area is 153 Å². The maximum Gasteiger partial charge on any atom is 0.432 e. The second kappa shape index (κ2) is 6.41. The molecular weight excluding hydrogens is 459 g/mol. The van der Waals surface area contributed by atoms with Crippen molar-refractivity contribution in [3.05, 3.63) is 29.7 Å². The number of thiazole rings is 1. The highest BCUT2D eigenvalue weighted by atomic mass is 79.9. The predicted octanol–water partition coefficient (Wildman–Crippen LogP) is 5.01. The van der Waals surface area contributed by atoms with Crippen LogP contribution in [-0.4, -0.2) is 4.57 Å². The highest BCUT2D eigenvalue weighted by Gasteiger charge is 2.56. The van der Waals surface area contributed by atoms with E-state index in [0.717, 1.165) is 3.39 Å². The summed E-state index contributed by atoms with van der Waals surface area (Å²) in [6.45, 7) is 3.65. The molecule has 0 aliphatic heterocycles. The van der Waals surface area contributed by atoms with Crippen LogP contribution in [0.3, 0.4) is 0 Å². The first-order valence-corrected chi connectivity index (χ1v) is 9.16. The van der Waals surface area contributed by atoms with Gasteiger partial charge in [-0.1, -0.05) is 37.2 Å². The second-order valence-electron chi connectivity index (χ2n) is 6.04. The van der Waals surface area contributed by atoms with Gasteiger partial charge in [0.15, 0.2) is 0 Å². The smallest absolute Gasteiger partial charge is 0.283 e. The molecule has 0 saturated heterocycles. The SMILES string of the molecule is C#CCn1c(C(F)(F)F)c(C[C@@H]2[C@H](C=C(Br)Br)C2(C)C)sc1=O. The predicted molar refractivity (Wildman–Crippen MR) is 92.8 cm³/mol. The van der Waals surface area contributed by atoms with Crippen molar-refractivity contribution in [1.29, 1.82) is 0 Å². The molecule has 8 heteroatoms. The van der Waals surface area contributed by atoms with E-state index in [0.29, 0.717) is 15.9 Å². The Hall–Kier alpha value is -0.520. The molecule has 1 heterocycles. The summed E-state index contributed by atoms with van der Waals surface area (Å²) < 4.78 is 41.5. The molecule has 2 nitrogen and oxygen atoms in total. The molecule has 0 unspecified atom stereocenters. The van der Waals surface area contributed by atoms with Crippen molar-refractivity contribution in [2.24, 2.45) is 17.3 Å². The summed E-state index contributed by atoms with van der Waals surface area (Å²) in [5.74, 6) is 2.31. The van der Waals surface area contributed by atoms with E-state index >= 15 is 0 Å². The second-order valence-corrected chi connectivity index (χ2v) is 9.86. The van der Waals surface area contributed by atoms with Gasteiger partial charge in [-0.25, -0.2) is 0 Å². The van der Waals surface area contributed by atoms with Crippen LogP contribution in [-0.2, 0) is 19.1 Å². The summed E-state index contributed by atoms with van der Waals surface area (Å²) in [5, 5.41) is 0. The van der Waals surface area contributed by atoms with Gasteiger partial charge in [-0.2, -0.15) is 13.2 Å². The number of alkyl halides is 3. The fourth-order valence-electron chi connectivity index (χ4n) is 2.98. The highest BCUT2D eigenvalue weighted by Crippen LogP contribution is 2.61. The normalized spacial score (nSPS) is 22.5. The van der Waals surface area contributed by atoms with Crippen molar-refractivity contribution in [1.82, 2.24) is 4.57 Å². The minimum atomic E-state index is -4.59. The van der Waals surface area contributed by atoms with Gasteiger partial charge in [0.25, 0.3) is 0 Å². The van der Waals surface area contributed by atoms with Gasteiger partial charge in [0.2, 0.25) is 0 Å². The number of hydrogen-bond acceptors (Lipinski definition) is 2.